The standard InChI is InChI=1S/C15H22ClN3O2/c1-18(10-11-19-8-6-17-7-9-19)15(20)12-21-14-4-2-13(16)3-5-14/h2-5,17H,6-12H2,1H3. The maximum absolute atomic E-state index is 12.0. The molecule has 1 aliphatic heterocycles. The minimum atomic E-state index is -0.0138. The molecule has 2 rings (SSSR count). The molecule has 1 N–H and O–H groups in total. The van der Waals surface area contributed by atoms with E-state index in [0.29, 0.717) is 10.8 Å². The van der Waals surface area contributed by atoms with Crippen molar-refractivity contribution in [2.45, 2.75) is 0 Å². The molecule has 6 heteroatoms. The quantitative estimate of drug-likeness (QED) is 0.854. The number of nitrogens with one attached hydrogen (secondary N) is 1. The SMILES string of the molecule is CN(CCN1CCNCC1)C(=O)COc1ccc(Cl)cc1. The molecule has 0 radical (unpaired) electrons. The van der Waals surface area contributed by atoms with Gasteiger partial charge in [0.2, 0.25) is 0 Å². The highest BCUT2D eigenvalue weighted by atomic mass is 35.5. The number of halogens is 1. The maximum atomic E-state index is 12.0. The molecule has 1 amide bonds. The summed E-state index contributed by atoms with van der Waals surface area (Å²) < 4.78 is 5.46. The number of ether oxygens (including phenoxy) is 1. The van der Waals surface area contributed by atoms with Crippen LogP contribution in [0.2, 0.25) is 5.02 Å². The fourth-order valence-corrected chi connectivity index (χ4v) is 2.26. The lowest BCUT2D eigenvalue weighted by Crippen LogP contribution is -2.46. The Kier molecular flexibility index (Phi) is 6.29. The first-order chi connectivity index (χ1) is 10.1. The smallest absolute Gasteiger partial charge is 0.260 e. The molecular formula is C15H22ClN3O2. The van der Waals surface area contributed by atoms with E-state index in [2.05, 4.69) is 10.2 Å². The van der Waals surface area contributed by atoms with Crippen molar-refractivity contribution in [2.24, 2.45) is 0 Å². The highest BCUT2D eigenvalue weighted by Gasteiger charge is 2.13. The number of benzene rings is 1. The van der Waals surface area contributed by atoms with Crippen LogP contribution < -0.4 is 10.1 Å². The average Bonchev–Trinajstić information content (AvgIpc) is 2.52. The molecule has 1 aromatic rings. The molecule has 1 heterocycles. The molecule has 0 aliphatic carbocycles. The molecule has 1 saturated heterocycles. The van der Waals surface area contributed by atoms with Crippen molar-refractivity contribution < 1.29 is 9.53 Å². The minimum absolute atomic E-state index is 0.0138. The van der Waals surface area contributed by atoms with E-state index in [1.165, 1.54) is 0 Å². The fraction of sp³-hybridized carbons (Fsp3) is 0.533. The molecule has 5 nitrogen and oxygen atoms in total. The number of likely N-dealkylation sites (N-methyl/N-ethyl adjacent to an activating group) is 1. The number of amides is 1. The third-order valence-electron chi connectivity index (χ3n) is 3.56. The summed E-state index contributed by atoms with van der Waals surface area (Å²) in [5, 5.41) is 3.97. The lowest BCUT2D eigenvalue weighted by atomic mass is 10.3. The summed E-state index contributed by atoms with van der Waals surface area (Å²) in [5.41, 5.74) is 0. The third-order valence-corrected chi connectivity index (χ3v) is 3.81. The molecule has 21 heavy (non-hydrogen) atoms. The van der Waals surface area contributed by atoms with Gasteiger partial charge in [0, 0.05) is 51.3 Å². The number of hydrogen-bond acceptors (Lipinski definition) is 4. The summed E-state index contributed by atoms with van der Waals surface area (Å²) >= 11 is 5.80. The minimum Gasteiger partial charge on any atom is -0.484 e. The van der Waals surface area contributed by atoms with Gasteiger partial charge in [0.05, 0.1) is 0 Å². The molecule has 1 fully saturated rings. The number of rotatable bonds is 6. The summed E-state index contributed by atoms with van der Waals surface area (Å²) in [6, 6.07) is 7.01. The van der Waals surface area contributed by atoms with Gasteiger partial charge in [-0.3, -0.25) is 9.69 Å². The van der Waals surface area contributed by atoms with Crippen LogP contribution in [0, 0.1) is 0 Å². The van der Waals surface area contributed by atoms with Crippen molar-refractivity contribution in [3.63, 3.8) is 0 Å². The first-order valence-corrected chi connectivity index (χ1v) is 7.58. The Labute approximate surface area is 130 Å². The molecule has 0 aromatic heterocycles. The number of piperazine rings is 1. The van der Waals surface area contributed by atoms with Crippen molar-refractivity contribution >= 4 is 17.5 Å². The molecule has 0 atom stereocenters. The molecule has 1 aliphatic rings. The van der Waals surface area contributed by atoms with Gasteiger partial charge in [-0.25, -0.2) is 0 Å². The van der Waals surface area contributed by atoms with Crippen LogP contribution in [-0.2, 0) is 4.79 Å². The van der Waals surface area contributed by atoms with Gasteiger partial charge in [0.25, 0.3) is 5.91 Å². The number of carbonyl (C=O) groups is 1. The molecule has 0 saturated carbocycles. The lowest BCUT2D eigenvalue weighted by Gasteiger charge is -2.29. The Balaban J connectivity index is 1.68. The fourth-order valence-electron chi connectivity index (χ4n) is 2.14. The second-order valence-electron chi connectivity index (χ2n) is 5.15. The van der Waals surface area contributed by atoms with E-state index in [1.54, 1.807) is 29.2 Å². The summed E-state index contributed by atoms with van der Waals surface area (Å²) in [6.45, 7) is 5.83. The van der Waals surface area contributed by atoms with Gasteiger partial charge in [-0.1, -0.05) is 11.6 Å². The molecule has 0 spiro atoms. The summed E-state index contributed by atoms with van der Waals surface area (Å²) in [7, 11) is 1.82. The normalized spacial score (nSPS) is 15.7. The first-order valence-electron chi connectivity index (χ1n) is 7.20. The van der Waals surface area contributed by atoms with E-state index < -0.39 is 0 Å². The van der Waals surface area contributed by atoms with Crippen molar-refractivity contribution in [2.75, 3.05) is 52.9 Å². The highest BCUT2D eigenvalue weighted by molar-refractivity contribution is 6.30. The third kappa shape index (κ3) is 5.53. The van der Waals surface area contributed by atoms with Crippen LogP contribution in [0.15, 0.2) is 24.3 Å². The molecule has 116 valence electrons. The van der Waals surface area contributed by atoms with Crippen LogP contribution in [0.25, 0.3) is 0 Å². The van der Waals surface area contributed by atoms with Crippen molar-refractivity contribution in [3.05, 3.63) is 29.3 Å². The Hall–Kier alpha value is -1.30. The predicted molar refractivity (Wildman–Crippen MR) is 83.9 cm³/mol. The summed E-state index contributed by atoms with van der Waals surface area (Å²) in [4.78, 5) is 16.1. The van der Waals surface area contributed by atoms with Crippen LogP contribution in [0.5, 0.6) is 5.75 Å². The van der Waals surface area contributed by atoms with Gasteiger partial charge < -0.3 is 15.0 Å². The van der Waals surface area contributed by atoms with E-state index in [4.69, 9.17) is 16.3 Å². The van der Waals surface area contributed by atoms with Gasteiger partial charge >= 0.3 is 0 Å². The largest absolute Gasteiger partial charge is 0.484 e. The second kappa shape index (κ2) is 8.22. The van der Waals surface area contributed by atoms with Crippen LogP contribution in [0.3, 0.4) is 0 Å². The zero-order chi connectivity index (χ0) is 15.1. The van der Waals surface area contributed by atoms with Gasteiger partial charge in [-0.2, -0.15) is 0 Å². The Morgan fingerprint density at radius 1 is 1.33 bits per heavy atom. The zero-order valence-corrected chi connectivity index (χ0v) is 13.1. The number of nitrogens with zero attached hydrogens (tertiary/aromatic N) is 2. The van der Waals surface area contributed by atoms with Crippen LogP contribution in [-0.4, -0.2) is 68.6 Å². The van der Waals surface area contributed by atoms with Crippen LogP contribution in [0.4, 0.5) is 0 Å². The average molecular weight is 312 g/mol. The van der Waals surface area contributed by atoms with E-state index in [1.807, 2.05) is 7.05 Å². The highest BCUT2D eigenvalue weighted by Crippen LogP contribution is 2.15. The second-order valence-corrected chi connectivity index (χ2v) is 5.59. The first kappa shape index (κ1) is 16.1. The van der Waals surface area contributed by atoms with Crippen molar-refractivity contribution in [1.29, 1.82) is 0 Å². The van der Waals surface area contributed by atoms with Gasteiger partial charge in [-0.05, 0) is 24.3 Å². The lowest BCUT2D eigenvalue weighted by molar-refractivity contribution is -0.132. The molecule has 0 unspecified atom stereocenters. The molecule has 1 aromatic carbocycles. The Morgan fingerprint density at radius 3 is 2.67 bits per heavy atom. The maximum Gasteiger partial charge on any atom is 0.260 e. The van der Waals surface area contributed by atoms with E-state index in [-0.39, 0.29) is 12.5 Å². The van der Waals surface area contributed by atoms with Crippen molar-refractivity contribution in [1.82, 2.24) is 15.1 Å². The van der Waals surface area contributed by atoms with Gasteiger partial charge in [-0.15, -0.1) is 0 Å². The summed E-state index contributed by atoms with van der Waals surface area (Å²) in [5.74, 6) is 0.642. The molecular weight excluding hydrogens is 290 g/mol. The Bertz CT molecular complexity index is 447. The molecule has 0 bridgehead atoms. The van der Waals surface area contributed by atoms with Crippen LogP contribution >= 0.6 is 11.6 Å². The van der Waals surface area contributed by atoms with E-state index in [0.717, 1.165) is 39.3 Å². The zero-order valence-electron chi connectivity index (χ0n) is 12.3. The van der Waals surface area contributed by atoms with E-state index >= 15 is 0 Å². The van der Waals surface area contributed by atoms with E-state index in [9.17, 15) is 4.79 Å². The summed E-state index contributed by atoms with van der Waals surface area (Å²) in [6.07, 6.45) is 0. The topological polar surface area (TPSA) is 44.8 Å². The Morgan fingerprint density at radius 2 is 2.00 bits per heavy atom. The number of hydrogen-bond donors (Lipinski definition) is 1. The van der Waals surface area contributed by atoms with Gasteiger partial charge in [0.15, 0.2) is 6.61 Å². The van der Waals surface area contributed by atoms with Gasteiger partial charge in [0.1, 0.15) is 5.75 Å². The van der Waals surface area contributed by atoms with Crippen LogP contribution in [0.1, 0.15) is 0 Å². The van der Waals surface area contributed by atoms with Crippen molar-refractivity contribution in [3.8, 4) is 5.75 Å². The predicted octanol–water partition coefficient (Wildman–Crippen LogP) is 1.08. The monoisotopic (exact) mass is 311 g/mol. The number of carbonyl (C=O) groups excluding carboxylic acids is 1.